The third kappa shape index (κ3) is 4.41. The molecule has 1 aliphatic carbocycles. The van der Waals surface area contributed by atoms with Crippen LogP contribution in [0.3, 0.4) is 0 Å². The highest BCUT2D eigenvalue weighted by Crippen LogP contribution is 2.63. The van der Waals surface area contributed by atoms with E-state index in [4.69, 9.17) is 9.15 Å². The molecule has 0 saturated carbocycles. The second-order valence-corrected chi connectivity index (χ2v) is 13.6. The van der Waals surface area contributed by atoms with Crippen LogP contribution in [0.1, 0.15) is 22.3 Å². The molecule has 0 fully saturated rings. The highest BCUT2D eigenvalue weighted by atomic mass is 16.5. The maximum atomic E-state index is 6.87. The number of furan rings is 1. The summed E-state index contributed by atoms with van der Waals surface area (Å²) in [5.41, 5.74) is 14.0. The lowest BCUT2D eigenvalue weighted by molar-refractivity contribution is 0.436. The van der Waals surface area contributed by atoms with E-state index in [0.717, 1.165) is 61.6 Å². The molecule has 252 valence electrons. The molecule has 1 aromatic heterocycles. The van der Waals surface area contributed by atoms with Gasteiger partial charge in [-0.2, -0.15) is 0 Å². The smallest absolute Gasteiger partial charge is 0.137 e. The maximum Gasteiger partial charge on any atom is 0.137 e. The summed E-state index contributed by atoms with van der Waals surface area (Å²) >= 11 is 0. The molecule has 0 amide bonds. The number of para-hydroxylation sites is 3. The lowest BCUT2D eigenvalue weighted by atomic mass is 9.66. The predicted molar refractivity (Wildman–Crippen MR) is 218 cm³/mol. The van der Waals surface area contributed by atoms with Gasteiger partial charge in [-0.25, -0.2) is 0 Å². The highest BCUT2D eigenvalue weighted by molar-refractivity contribution is 6.15. The summed E-state index contributed by atoms with van der Waals surface area (Å²) in [7, 11) is 0. The van der Waals surface area contributed by atoms with Crippen LogP contribution < -0.4 is 9.64 Å². The lowest BCUT2D eigenvalue weighted by Crippen LogP contribution is -2.32. The molecule has 3 nitrogen and oxygen atoms in total. The zero-order chi connectivity index (χ0) is 34.2. The summed E-state index contributed by atoms with van der Waals surface area (Å²) < 4.78 is 13.4. The molecule has 0 radical (unpaired) electrons. The largest absolute Gasteiger partial charge is 0.457 e. The first-order valence-corrected chi connectivity index (χ1v) is 17.8. The summed E-state index contributed by atoms with van der Waals surface area (Å²) in [6.07, 6.45) is 0. The summed E-state index contributed by atoms with van der Waals surface area (Å²) in [5, 5.41) is 2.18. The molecule has 0 N–H and O–H groups in total. The van der Waals surface area contributed by atoms with Gasteiger partial charge in [0.2, 0.25) is 0 Å². The highest BCUT2D eigenvalue weighted by Gasteiger charge is 2.51. The molecule has 1 spiro atoms. The van der Waals surface area contributed by atoms with E-state index in [1.54, 1.807) is 0 Å². The Labute approximate surface area is 309 Å². The van der Waals surface area contributed by atoms with Crippen molar-refractivity contribution in [3.8, 4) is 33.8 Å². The van der Waals surface area contributed by atoms with Crippen LogP contribution in [0.15, 0.2) is 192 Å². The molecule has 3 heteroatoms. The van der Waals surface area contributed by atoms with E-state index in [0.29, 0.717) is 0 Å². The van der Waals surface area contributed by atoms with Crippen molar-refractivity contribution in [2.24, 2.45) is 0 Å². The van der Waals surface area contributed by atoms with Gasteiger partial charge in [0, 0.05) is 27.9 Å². The molecule has 0 atom stereocenters. The molecule has 1 aliphatic heterocycles. The fourth-order valence-electron chi connectivity index (χ4n) is 8.78. The van der Waals surface area contributed by atoms with E-state index >= 15 is 0 Å². The van der Waals surface area contributed by atoms with E-state index in [9.17, 15) is 0 Å². The normalized spacial score (nSPS) is 13.1. The average Bonchev–Trinajstić information content (AvgIpc) is 3.72. The van der Waals surface area contributed by atoms with Crippen molar-refractivity contribution >= 4 is 39.0 Å². The lowest BCUT2D eigenvalue weighted by Gasteiger charge is -2.39. The van der Waals surface area contributed by atoms with Crippen LogP contribution in [0.25, 0.3) is 44.2 Å². The van der Waals surface area contributed by atoms with Gasteiger partial charge in [0.1, 0.15) is 22.7 Å². The number of ether oxygens (including phenoxy) is 1. The zero-order valence-electron chi connectivity index (χ0n) is 29.2. The first-order chi connectivity index (χ1) is 25.8. The minimum Gasteiger partial charge on any atom is -0.457 e. The molecule has 8 aromatic carbocycles. The van der Waals surface area contributed by atoms with Crippen LogP contribution in [-0.4, -0.2) is 0 Å². The molecule has 53 heavy (non-hydrogen) atoms. The van der Waals surface area contributed by atoms with Crippen molar-refractivity contribution in [3.05, 3.63) is 218 Å². The fraction of sp³-hybridized carbons (Fsp3) is 0.0200. The van der Waals surface area contributed by atoms with Crippen molar-refractivity contribution in [1.29, 1.82) is 0 Å². The predicted octanol–water partition coefficient (Wildman–Crippen LogP) is 13.6. The third-order valence-electron chi connectivity index (χ3n) is 10.9. The van der Waals surface area contributed by atoms with Gasteiger partial charge in [-0.1, -0.05) is 127 Å². The Bertz CT molecular complexity index is 2770. The number of anilines is 3. The van der Waals surface area contributed by atoms with Crippen LogP contribution in [0.4, 0.5) is 17.1 Å². The number of hydrogen-bond acceptors (Lipinski definition) is 3. The number of benzene rings is 8. The first-order valence-electron chi connectivity index (χ1n) is 17.8. The summed E-state index contributed by atoms with van der Waals surface area (Å²) in [4.78, 5) is 2.35. The Morgan fingerprint density at radius 1 is 0.415 bits per heavy atom. The van der Waals surface area contributed by atoms with Gasteiger partial charge in [-0.3, -0.25) is 0 Å². The van der Waals surface area contributed by atoms with Crippen LogP contribution >= 0.6 is 0 Å². The fourth-order valence-corrected chi connectivity index (χ4v) is 8.78. The van der Waals surface area contributed by atoms with E-state index in [1.807, 2.05) is 0 Å². The zero-order valence-corrected chi connectivity index (χ0v) is 29.2. The molecule has 2 heterocycles. The van der Waals surface area contributed by atoms with Gasteiger partial charge >= 0.3 is 0 Å². The molecular weight excluding hydrogens is 647 g/mol. The maximum absolute atomic E-state index is 6.87. The van der Waals surface area contributed by atoms with Gasteiger partial charge in [0.25, 0.3) is 0 Å². The first kappa shape index (κ1) is 30.9. The Hall–Kier alpha value is -6.84. The Balaban J connectivity index is 0.00000349. The van der Waals surface area contributed by atoms with Gasteiger partial charge in [-0.15, -0.1) is 0 Å². The number of nitrogens with zero attached hydrogens (tertiary/aromatic N) is 1. The van der Waals surface area contributed by atoms with Crippen LogP contribution in [0.5, 0.6) is 11.5 Å². The monoisotopic (exact) mass is 680 g/mol. The summed E-state index contributed by atoms with van der Waals surface area (Å²) in [5.74, 6) is 1.76. The van der Waals surface area contributed by atoms with E-state index < -0.39 is 5.41 Å². The van der Waals surface area contributed by atoms with Crippen molar-refractivity contribution in [2.75, 3.05) is 4.90 Å². The molecule has 0 saturated heterocycles. The molecule has 11 rings (SSSR count). The van der Waals surface area contributed by atoms with Crippen LogP contribution in [0, 0.1) is 7.43 Å². The Morgan fingerprint density at radius 2 is 1.00 bits per heavy atom. The van der Waals surface area contributed by atoms with Crippen molar-refractivity contribution in [3.63, 3.8) is 0 Å². The molecular formula is C50H34NO2-. The second-order valence-electron chi connectivity index (χ2n) is 13.6. The van der Waals surface area contributed by atoms with Crippen LogP contribution in [-0.2, 0) is 5.41 Å². The Kier molecular flexibility index (Phi) is 6.93. The third-order valence-corrected chi connectivity index (χ3v) is 10.9. The minimum atomic E-state index is -0.552. The molecule has 0 unspecified atom stereocenters. The van der Waals surface area contributed by atoms with E-state index in [2.05, 4.69) is 193 Å². The molecule has 9 aromatic rings. The second kappa shape index (κ2) is 11.9. The van der Waals surface area contributed by atoms with Crippen molar-refractivity contribution in [1.82, 2.24) is 0 Å². The quantitative estimate of drug-likeness (QED) is 0.173. The van der Waals surface area contributed by atoms with Crippen LogP contribution in [0.2, 0.25) is 0 Å². The van der Waals surface area contributed by atoms with Gasteiger partial charge in [0.15, 0.2) is 0 Å². The average molecular weight is 681 g/mol. The van der Waals surface area contributed by atoms with E-state index in [-0.39, 0.29) is 7.43 Å². The number of rotatable bonds is 4. The van der Waals surface area contributed by atoms with Crippen molar-refractivity contribution < 1.29 is 9.15 Å². The molecule has 0 bridgehead atoms. The van der Waals surface area contributed by atoms with Gasteiger partial charge in [0.05, 0.1) is 16.5 Å². The topological polar surface area (TPSA) is 25.6 Å². The SMILES string of the molecule is [CH3-].c1ccc(-c2ccc(N(c3ccccc3)c3cccc4oc5cc6c(cc5c34)-c3ccccc3C63c4ccccc4Oc4ccccc43)cc2)cc1. The van der Waals surface area contributed by atoms with Gasteiger partial charge in [-0.05, 0) is 94.0 Å². The van der Waals surface area contributed by atoms with Crippen molar-refractivity contribution in [2.45, 2.75) is 5.41 Å². The van der Waals surface area contributed by atoms with E-state index in [1.165, 1.54) is 33.4 Å². The summed E-state index contributed by atoms with van der Waals surface area (Å²) in [6.45, 7) is 0. The Morgan fingerprint density at radius 3 is 1.72 bits per heavy atom. The standard InChI is InChI=1S/C49H31NO2.CH3/c1-3-14-32(15-4-1)33-26-28-35(29-27-33)50(34-16-5-2-6-17-34)43-22-13-25-46-48(43)38-30-37-36-18-7-8-19-39(36)49(42(37)31-47(38)52-46)40-20-9-11-23-44(40)51-45-24-12-10-21-41(45)49;/h1-31H;1H3/q;-1. The number of hydrogen-bond donors (Lipinski definition) is 0. The molecule has 2 aliphatic rings. The van der Waals surface area contributed by atoms with Gasteiger partial charge < -0.3 is 21.5 Å². The summed E-state index contributed by atoms with van der Waals surface area (Å²) in [6, 6.07) is 66.9. The minimum absolute atomic E-state index is 0. The number of fused-ring (bicyclic) bond motifs is 12.